The second kappa shape index (κ2) is 6.52. The summed E-state index contributed by atoms with van der Waals surface area (Å²) < 4.78 is 33.7. The predicted octanol–water partition coefficient (Wildman–Crippen LogP) is 4.07. The molecule has 0 amide bonds. The van der Waals surface area contributed by atoms with Gasteiger partial charge in [0.15, 0.2) is 0 Å². The van der Waals surface area contributed by atoms with Crippen molar-refractivity contribution < 1.29 is 13.5 Å². The van der Waals surface area contributed by atoms with Crippen molar-refractivity contribution in [3.63, 3.8) is 0 Å². The molecule has 2 aromatic rings. The Morgan fingerprint density at radius 2 is 1.86 bits per heavy atom. The zero-order valence-corrected chi connectivity index (χ0v) is 12.0. The second-order valence-electron chi connectivity index (χ2n) is 4.95. The van der Waals surface area contributed by atoms with Gasteiger partial charge in [-0.3, -0.25) is 0 Å². The van der Waals surface area contributed by atoms with Gasteiger partial charge in [0.05, 0.1) is 18.3 Å². The number of alkyl halides is 2. The van der Waals surface area contributed by atoms with E-state index in [0.29, 0.717) is 11.6 Å². The van der Waals surface area contributed by atoms with Gasteiger partial charge in [-0.05, 0) is 26.0 Å². The third-order valence-electron chi connectivity index (χ3n) is 2.82. The van der Waals surface area contributed by atoms with Crippen molar-refractivity contribution in [3.05, 3.63) is 54.2 Å². The van der Waals surface area contributed by atoms with Crippen LogP contribution >= 0.6 is 0 Å². The Bertz CT molecular complexity index is 573. The Hall–Kier alpha value is -2.17. The molecule has 0 saturated heterocycles. The van der Waals surface area contributed by atoms with Gasteiger partial charge < -0.3 is 10.1 Å². The highest BCUT2D eigenvalue weighted by molar-refractivity contribution is 5.52. The summed E-state index contributed by atoms with van der Waals surface area (Å²) in [6, 6.07) is 11.1. The molecule has 0 radical (unpaired) electrons. The van der Waals surface area contributed by atoms with Crippen LogP contribution < -0.4 is 10.1 Å². The number of benzene rings is 1. The van der Waals surface area contributed by atoms with Crippen LogP contribution in [0.1, 0.15) is 19.4 Å². The lowest BCUT2D eigenvalue weighted by Gasteiger charge is -2.19. The quantitative estimate of drug-likeness (QED) is 0.871. The van der Waals surface area contributed by atoms with E-state index >= 15 is 0 Å². The highest BCUT2D eigenvalue weighted by Crippen LogP contribution is 2.30. The van der Waals surface area contributed by atoms with Gasteiger partial charge in [0.2, 0.25) is 5.88 Å². The van der Waals surface area contributed by atoms with Gasteiger partial charge in [0, 0.05) is 11.8 Å². The summed E-state index contributed by atoms with van der Waals surface area (Å²) in [6.07, 6.45) is 1.49. The van der Waals surface area contributed by atoms with Gasteiger partial charge in [-0.2, -0.15) is 8.78 Å². The maximum absolute atomic E-state index is 14.1. The van der Waals surface area contributed by atoms with E-state index in [0.717, 1.165) is 0 Å². The van der Waals surface area contributed by atoms with Gasteiger partial charge in [-0.1, -0.05) is 30.3 Å². The van der Waals surface area contributed by atoms with Crippen LogP contribution in [0.3, 0.4) is 0 Å². The molecule has 0 saturated carbocycles. The average Bonchev–Trinajstić information content (AvgIpc) is 2.47. The molecular weight excluding hydrogens is 274 g/mol. The summed E-state index contributed by atoms with van der Waals surface area (Å²) in [5.41, 5.74) is 0.439. The van der Waals surface area contributed by atoms with Gasteiger partial charge in [-0.15, -0.1) is 0 Å². The number of pyridine rings is 1. The fourth-order valence-electron chi connectivity index (χ4n) is 1.83. The molecule has 2 rings (SSSR count). The fourth-order valence-corrected chi connectivity index (χ4v) is 1.83. The van der Waals surface area contributed by atoms with E-state index in [9.17, 15) is 8.78 Å². The molecule has 5 heteroatoms. The van der Waals surface area contributed by atoms with Gasteiger partial charge >= 0.3 is 0 Å². The summed E-state index contributed by atoms with van der Waals surface area (Å²) in [7, 11) is 0. The molecule has 3 nitrogen and oxygen atoms in total. The van der Waals surface area contributed by atoms with Crippen LogP contribution in [0.4, 0.5) is 14.5 Å². The molecule has 1 aromatic carbocycles. The van der Waals surface area contributed by atoms with Crippen molar-refractivity contribution in [2.75, 3.05) is 11.9 Å². The Balaban J connectivity index is 2.09. The van der Waals surface area contributed by atoms with E-state index in [-0.39, 0.29) is 11.7 Å². The number of aromatic nitrogens is 1. The minimum absolute atomic E-state index is 0.0206. The molecule has 112 valence electrons. The highest BCUT2D eigenvalue weighted by Gasteiger charge is 2.31. The molecule has 0 spiro atoms. The number of rotatable bonds is 6. The minimum Gasteiger partial charge on any atom is -0.473 e. The highest BCUT2D eigenvalue weighted by atomic mass is 19.3. The first-order valence-electron chi connectivity index (χ1n) is 6.78. The predicted molar refractivity (Wildman–Crippen MR) is 78.8 cm³/mol. The summed E-state index contributed by atoms with van der Waals surface area (Å²) in [6.45, 7) is 3.20. The molecule has 0 atom stereocenters. The summed E-state index contributed by atoms with van der Waals surface area (Å²) in [5, 5.41) is 2.72. The van der Waals surface area contributed by atoms with Gasteiger partial charge in [-0.25, -0.2) is 4.98 Å². The standard InChI is InChI=1S/C16H18F2N2O/c1-12(2)21-15-14(9-6-10-19-15)20-11-16(17,18)13-7-4-3-5-8-13/h3-10,12,20H,11H2,1-2H3. The third kappa shape index (κ3) is 4.15. The molecule has 0 bridgehead atoms. The van der Waals surface area contributed by atoms with Crippen LogP contribution in [-0.2, 0) is 5.92 Å². The monoisotopic (exact) mass is 292 g/mol. The van der Waals surface area contributed by atoms with E-state index in [1.807, 2.05) is 13.8 Å². The molecule has 0 aliphatic carbocycles. The number of ether oxygens (including phenoxy) is 1. The summed E-state index contributed by atoms with van der Waals surface area (Å²) >= 11 is 0. The zero-order valence-electron chi connectivity index (χ0n) is 12.0. The van der Waals surface area contributed by atoms with Crippen molar-refractivity contribution in [1.29, 1.82) is 0 Å². The summed E-state index contributed by atoms with van der Waals surface area (Å²) in [5.74, 6) is -2.64. The Morgan fingerprint density at radius 1 is 1.14 bits per heavy atom. The number of halogens is 2. The minimum atomic E-state index is -2.97. The van der Waals surface area contributed by atoms with Crippen molar-refractivity contribution in [2.45, 2.75) is 25.9 Å². The van der Waals surface area contributed by atoms with Crippen LogP contribution in [0.5, 0.6) is 5.88 Å². The fraction of sp³-hybridized carbons (Fsp3) is 0.312. The Kier molecular flexibility index (Phi) is 4.73. The van der Waals surface area contributed by atoms with Crippen LogP contribution in [0, 0.1) is 0 Å². The van der Waals surface area contributed by atoms with Crippen molar-refractivity contribution in [1.82, 2.24) is 4.98 Å². The van der Waals surface area contributed by atoms with Crippen LogP contribution in [0.15, 0.2) is 48.7 Å². The largest absolute Gasteiger partial charge is 0.473 e. The second-order valence-corrected chi connectivity index (χ2v) is 4.95. The third-order valence-corrected chi connectivity index (χ3v) is 2.82. The van der Waals surface area contributed by atoms with E-state index in [4.69, 9.17) is 4.74 Å². The van der Waals surface area contributed by atoms with Crippen LogP contribution in [-0.4, -0.2) is 17.6 Å². The Morgan fingerprint density at radius 3 is 2.52 bits per heavy atom. The number of hydrogen-bond donors (Lipinski definition) is 1. The van der Waals surface area contributed by atoms with Crippen molar-refractivity contribution in [2.24, 2.45) is 0 Å². The maximum Gasteiger partial charge on any atom is 0.290 e. The first kappa shape index (κ1) is 15.2. The lowest BCUT2D eigenvalue weighted by Crippen LogP contribution is -2.25. The lowest BCUT2D eigenvalue weighted by molar-refractivity contribution is 0.0106. The maximum atomic E-state index is 14.1. The number of nitrogens with zero attached hydrogens (tertiary/aromatic N) is 1. The first-order valence-corrected chi connectivity index (χ1v) is 6.78. The lowest BCUT2D eigenvalue weighted by atomic mass is 10.1. The molecule has 0 fully saturated rings. The molecule has 0 aliphatic rings. The zero-order chi connectivity index (χ0) is 15.3. The normalized spacial score (nSPS) is 11.5. The molecule has 21 heavy (non-hydrogen) atoms. The number of hydrogen-bond acceptors (Lipinski definition) is 3. The van der Waals surface area contributed by atoms with E-state index in [2.05, 4.69) is 10.3 Å². The van der Waals surface area contributed by atoms with Crippen molar-refractivity contribution in [3.8, 4) is 5.88 Å². The average molecular weight is 292 g/mol. The van der Waals surface area contributed by atoms with Crippen LogP contribution in [0.2, 0.25) is 0 Å². The molecule has 0 aliphatic heterocycles. The van der Waals surface area contributed by atoms with Gasteiger partial charge in [0.25, 0.3) is 5.92 Å². The smallest absolute Gasteiger partial charge is 0.290 e. The van der Waals surface area contributed by atoms with Gasteiger partial charge in [0.1, 0.15) is 0 Å². The number of anilines is 1. The first-order chi connectivity index (χ1) is 9.99. The topological polar surface area (TPSA) is 34.1 Å². The number of nitrogens with one attached hydrogen (secondary N) is 1. The van der Waals surface area contributed by atoms with E-state index in [1.54, 1.807) is 36.5 Å². The molecule has 0 unspecified atom stereocenters. The summed E-state index contributed by atoms with van der Waals surface area (Å²) in [4.78, 5) is 4.06. The van der Waals surface area contributed by atoms with Crippen molar-refractivity contribution >= 4 is 5.69 Å². The van der Waals surface area contributed by atoms with E-state index in [1.165, 1.54) is 12.1 Å². The van der Waals surface area contributed by atoms with E-state index < -0.39 is 12.5 Å². The Labute approximate surface area is 123 Å². The molecular formula is C16H18F2N2O. The molecule has 1 heterocycles. The molecule has 1 aromatic heterocycles. The SMILES string of the molecule is CC(C)Oc1ncccc1NCC(F)(F)c1ccccc1. The van der Waals surface area contributed by atoms with Crippen LogP contribution in [0.25, 0.3) is 0 Å². The molecule has 1 N–H and O–H groups in total.